The van der Waals surface area contributed by atoms with Gasteiger partial charge in [0.25, 0.3) is 5.56 Å². The van der Waals surface area contributed by atoms with Gasteiger partial charge in [0.2, 0.25) is 0 Å². The molecule has 3 aromatic heterocycles. The average Bonchev–Trinajstić information content (AvgIpc) is 3.34. The van der Waals surface area contributed by atoms with Crippen LogP contribution < -0.4 is 5.56 Å². The molecule has 0 saturated heterocycles. The third-order valence-electron chi connectivity index (χ3n) is 5.05. The van der Waals surface area contributed by atoms with E-state index in [-0.39, 0.29) is 17.4 Å². The fourth-order valence-corrected chi connectivity index (χ4v) is 3.83. The zero-order valence-electron chi connectivity index (χ0n) is 13.6. The molecule has 3 aromatic rings. The first-order valence-electron chi connectivity index (χ1n) is 8.38. The number of hydrogen-bond donors (Lipinski definition) is 3. The average molecular weight is 338 g/mol. The molecule has 1 fully saturated rings. The van der Waals surface area contributed by atoms with Crippen molar-refractivity contribution in [1.29, 1.82) is 5.26 Å². The second-order valence-electron chi connectivity index (χ2n) is 6.48. The summed E-state index contributed by atoms with van der Waals surface area (Å²) in [4.78, 5) is 23.6. The maximum atomic E-state index is 12.5. The molecule has 3 N–H and O–H groups in total. The molecule has 1 aliphatic carbocycles. The lowest BCUT2D eigenvalue weighted by molar-refractivity contribution is 0.313. The largest absolute Gasteiger partial charge is 0.506 e. The van der Waals surface area contributed by atoms with Crippen molar-refractivity contribution in [2.45, 2.75) is 38.1 Å². The smallest absolute Gasteiger partial charge is 0.273 e. The van der Waals surface area contributed by atoms with Gasteiger partial charge in [0.05, 0.1) is 35.2 Å². The summed E-state index contributed by atoms with van der Waals surface area (Å²) in [5.41, 5.74) is 0.926. The topological polar surface area (TPSA) is 123 Å². The summed E-state index contributed by atoms with van der Waals surface area (Å²) in [6, 6.07) is 2.18. The van der Waals surface area contributed by atoms with Gasteiger partial charge in [-0.2, -0.15) is 5.26 Å². The van der Waals surface area contributed by atoms with Crippen molar-refractivity contribution in [3.8, 4) is 23.1 Å². The van der Waals surface area contributed by atoms with E-state index in [4.69, 9.17) is 0 Å². The van der Waals surface area contributed by atoms with Gasteiger partial charge in [-0.05, 0) is 18.8 Å². The van der Waals surface area contributed by atoms with Crippen molar-refractivity contribution in [2.24, 2.45) is 5.92 Å². The molecule has 0 radical (unpaired) electrons. The van der Waals surface area contributed by atoms with E-state index in [0.29, 0.717) is 34.6 Å². The highest BCUT2D eigenvalue weighted by molar-refractivity contribution is 5.95. The van der Waals surface area contributed by atoms with Crippen molar-refractivity contribution >= 4 is 11.0 Å². The Morgan fingerprint density at radius 1 is 1.40 bits per heavy atom. The van der Waals surface area contributed by atoms with Crippen molar-refractivity contribution in [3.63, 3.8) is 0 Å². The first-order chi connectivity index (χ1) is 12.2. The summed E-state index contributed by atoms with van der Waals surface area (Å²) in [6.07, 6.45) is 9.29. The Bertz CT molecular complexity index is 1000. The normalized spacial score (nSPS) is 16.3. The molecule has 8 heteroatoms. The molecule has 0 amide bonds. The quantitative estimate of drug-likeness (QED) is 0.674. The molecule has 4 rings (SSSR count). The molecular weight excluding hydrogens is 320 g/mol. The van der Waals surface area contributed by atoms with Crippen LogP contribution in [0.25, 0.3) is 22.3 Å². The van der Waals surface area contributed by atoms with Gasteiger partial charge in [0, 0.05) is 12.4 Å². The third kappa shape index (κ3) is 2.58. The summed E-state index contributed by atoms with van der Waals surface area (Å²) in [5, 5.41) is 22.5. The van der Waals surface area contributed by atoms with E-state index in [1.54, 1.807) is 10.9 Å². The lowest BCUT2D eigenvalue weighted by Gasteiger charge is -2.21. The highest BCUT2D eigenvalue weighted by Gasteiger charge is 2.28. The summed E-state index contributed by atoms with van der Waals surface area (Å²) >= 11 is 0. The van der Waals surface area contributed by atoms with Crippen molar-refractivity contribution in [3.05, 3.63) is 29.1 Å². The maximum Gasteiger partial charge on any atom is 0.273 e. The van der Waals surface area contributed by atoms with Crippen LogP contribution in [0, 0.1) is 17.2 Å². The second-order valence-corrected chi connectivity index (χ2v) is 6.48. The van der Waals surface area contributed by atoms with Crippen LogP contribution >= 0.6 is 0 Å². The fourth-order valence-electron chi connectivity index (χ4n) is 3.83. The van der Waals surface area contributed by atoms with Crippen molar-refractivity contribution < 1.29 is 5.11 Å². The Hall–Kier alpha value is -3.08. The zero-order valence-corrected chi connectivity index (χ0v) is 13.6. The van der Waals surface area contributed by atoms with E-state index in [1.165, 1.54) is 12.5 Å². The van der Waals surface area contributed by atoms with Gasteiger partial charge in [-0.3, -0.25) is 14.6 Å². The molecule has 0 bridgehead atoms. The van der Waals surface area contributed by atoms with Gasteiger partial charge in [-0.1, -0.05) is 12.8 Å². The molecule has 3 heterocycles. The Morgan fingerprint density at radius 3 is 2.96 bits per heavy atom. The number of aromatic amines is 2. The molecule has 25 heavy (non-hydrogen) atoms. The van der Waals surface area contributed by atoms with Crippen LogP contribution in [0.5, 0.6) is 5.75 Å². The summed E-state index contributed by atoms with van der Waals surface area (Å²) in [7, 11) is 0. The lowest BCUT2D eigenvalue weighted by atomic mass is 9.96. The standard InChI is InChI=1S/C17H18N6O2/c18-6-5-12(10-3-1-2-4-10)23-8-11(17(25)22-23)15-14-13(24)7-19-16(14)21-9-20-15/h7-10,12,24H,1-5H2,(H,22,25)(H,19,20,21). The van der Waals surface area contributed by atoms with Gasteiger partial charge in [0.1, 0.15) is 17.7 Å². The van der Waals surface area contributed by atoms with Crippen LogP contribution in [0.15, 0.2) is 23.5 Å². The zero-order chi connectivity index (χ0) is 17.4. The highest BCUT2D eigenvalue weighted by atomic mass is 16.3. The van der Waals surface area contributed by atoms with E-state index in [9.17, 15) is 15.2 Å². The summed E-state index contributed by atoms with van der Waals surface area (Å²) in [5.74, 6) is 0.392. The highest BCUT2D eigenvalue weighted by Crippen LogP contribution is 2.36. The minimum absolute atomic E-state index is 0.00196. The predicted octanol–water partition coefficient (Wildman–Crippen LogP) is 2.47. The number of nitriles is 1. The van der Waals surface area contributed by atoms with Crippen molar-refractivity contribution in [2.75, 3.05) is 0 Å². The van der Waals surface area contributed by atoms with Gasteiger partial charge < -0.3 is 10.1 Å². The van der Waals surface area contributed by atoms with Crippen LogP contribution in [-0.2, 0) is 0 Å². The minimum Gasteiger partial charge on any atom is -0.506 e. The van der Waals surface area contributed by atoms with Gasteiger partial charge in [-0.25, -0.2) is 9.97 Å². The lowest BCUT2D eigenvalue weighted by Crippen LogP contribution is -2.19. The van der Waals surface area contributed by atoms with E-state index < -0.39 is 0 Å². The molecule has 1 aliphatic rings. The van der Waals surface area contributed by atoms with Crippen molar-refractivity contribution in [1.82, 2.24) is 24.7 Å². The monoisotopic (exact) mass is 338 g/mol. The summed E-state index contributed by atoms with van der Waals surface area (Å²) < 4.78 is 1.74. The number of nitrogens with one attached hydrogen (secondary N) is 2. The van der Waals surface area contributed by atoms with E-state index >= 15 is 0 Å². The fraction of sp³-hybridized carbons (Fsp3) is 0.412. The number of aromatic nitrogens is 5. The number of nitrogens with zero attached hydrogens (tertiary/aromatic N) is 4. The van der Waals surface area contributed by atoms with Crippen LogP contribution in [0.1, 0.15) is 38.1 Å². The van der Waals surface area contributed by atoms with Crippen LogP contribution in [-0.4, -0.2) is 29.8 Å². The van der Waals surface area contributed by atoms with Gasteiger partial charge in [-0.15, -0.1) is 0 Å². The number of hydrogen-bond acceptors (Lipinski definition) is 5. The minimum atomic E-state index is -0.290. The van der Waals surface area contributed by atoms with E-state index in [1.807, 2.05) is 0 Å². The summed E-state index contributed by atoms with van der Waals surface area (Å²) in [6.45, 7) is 0. The molecule has 0 aliphatic heterocycles. The molecule has 0 aromatic carbocycles. The first kappa shape index (κ1) is 15.4. The Morgan fingerprint density at radius 2 is 2.20 bits per heavy atom. The van der Waals surface area contributed by atoms with Gasteiger partial charge in [0.15, 0.2) is 0 Å². The molecule has 1 atom stereocenters. The molecule has 128 valence electrons. The van der Waals surface area contributed by atoms with Crippen LogP contribution in [0.4, 0.5) is 0 Å². The third-order valence-corrected chi connectivity index (χ3v) is 5.05. The SMILES string of the molecule is N#CCC(C1CCCC1)n1cc(-c2ncnc3[nH]cc(O)c23)c(=O)[nH]1. The molecular formula is C17H18N6O2. The van der Waals surface area contributed by atoms with E-state index in [2.05, 4.69) is 26.1 Å². The number of aromatic hydroxyl groups is 1. The van der Waals surface area contributed by atoms with Crippen LogP contribution in [0.2, 0.25) is 0 Å². The number of H-pyrrole nitrogens is 2. The molecule has 1 saturated carbocycles. The predicted molar refractivity (Wildman–Crippen MR) is 90.8 cm³/mol. The molecule has 0 spiro atoms. The van der Waals surface area contributed by atoms with Crippen LogP contribution in [0.3, 0.4) is 0 Å². The molecule has 8 nitrogen and oxygen atoms in total. The Balaban J connectivity index is 1.81. The molecule has 1 unspecified atom stereocenters. The number of fused-ring (bicyclic) bond motifs is 1. The maximum absolute atomic E-state index is 12.5. The Kier molecular flexibility index (Phi) is 3.76. The van der Waals surface area contributed by atoms with E-state index in [0.717, 1.165) is 25.7 Å². The number of rotatable bonds is 4. The second kappa shape index (κ2) is 6.09. The Labute approximate surface area is 143 Å². The first-order valence-corrected chi connectivity index (χ1v) is 8.38. The van der Waals surface area contributed by atoms with Gasteiger partial charge >= 0.3 is 0 Å².